The minimum absolute atomic E-state index is 0.0594. The van der Waals surface area contributed by atoms with Gasteiger partial charge in [0.05, 0.1) is 30.8 Å². The van der Waals surface area contributed by atoms with E-state index in [-0.39, 0.29) is 23.3 Å². The molecule has 1 N–H and O–H groups in total. The maximum atomic E-state index is 13.1. The van der Waals surface area contributed by atoms with Gasteiger partial charge in [0.1, 0.15) is 0 Å². The highest BCUT2D eigenvalue weighted by Crippen LogP contribution is 2.28. The Morgan fingerprint density at radius 2 is 1.97 bits per heavy atom. The van der Waals surface area contributed by atoms with Crippen molar-refractivity contribution >= 4 is 17.5 Å². The lowest BCUT2D eigenvalue weighted by Crippen LogP contribution is -2.40. The zero-order valence-electron chi connectivity index (χ0n) is 17.6. The zero-order valence-corrected chi connectivity index (χ0v) is 17.6. The van der Waals surface area contributed by atoms with E-state index in [0.29, 0.717) is 63.3 Å². The summed E-state index contributed by atoms with van der Waals surface area (Å²) in [6.07, 6.45) is 3.15. The average molecular weight is 415 g/mol. The molecule has 0 bridgehead atoms. The minimum atomic E-state index is -0.123. The molecule has 1 fully saturated rings. The van der Waals surface area contributed by atoms with Crippen molar-refractivity contribution in [2.24, 2.45) is 0 Å². The Hall–Kier alpha value is -2.68. The molecule has 162 valence electrons. The molecule has 2 aliphatic rings. The van der Waals surface area contributed by atoms with Gasteiger partial charge in [0.15, 0.2) is 5.65 Å². The van der Waals surface area contributed by atoms with Gasteiger partial charge < -0.3 is 14.5 Å². The number of ether oxygens (including phenoxy) is 1. The van der Waals surface area contributed by atoms with Crippen LogP contribution in [0.25, 0.3) is 5.65 Å². The van der Waals surface area contributed by atoms with Gasteiger partial charge in [0.25, 0.3) is 5.56 Å². The molecule has 2 aromatic rings. The Bertz CT molecular complexity index is 1000. The Balaban J connectivity index is 1.51. The van der Waals surface area contributed by atoms with Crippen molar-refractivity contribution in [3.63, 3.8) is 0 Å². The molecule has 0 aromatic carbocycles. The summed E-state index contributed by atoms with van der Waals surface area (Å²) in [4.78, 5) is 45.6. The van der Waals surface area contributed by atoms with Crippen LogP contribution in [0.15, 0.2) is 10.9 Å². The predicted molar refractivity (Wildman–Crippen MR) is 110 cm³/mol. The molecule has 0 saturated carbocycles. The molecular formula is C21H29N5O4. The van der Waals surface area contributed by atoms with Gasteiger partial charge in [-0.05, 0) is 12.8 Å². The van der Waals surface area contributed by atoms with Crippen LogP contribution in [0.2, 0.25) is 0 Å². The average Bonchev–Trinajstić information content (AvgIpc) is 3.21. The molecular weight excluding hydrogens is 386 g/mol. The van der Waals surface area contributed by atoms with E-state index in [1.54, 1.807) is 12.0 Å². The highest BCUT2D eigenvalue weighted by molar-refractivity contribution is 5.76. The van der Waals surface area contributed by atoms with Gasteiger partial charge >= 0.3 is 0 Å². The topological polar surface area (TPSA) is 100 Å². The molecule has 0 aliphatic carbocycles. The second-order valence-electron chi connectivity index (χ2n) is 8.06. The monoisotopic (exact) mass is 415 g/mol. The van der Waals surface area contributed by atoms with Crippen LogP contribution < -0.4 is 5.56 Å². The number of aromatic nitrogens is 3. The Morgan fingerprint density at radius 1 is 1.20 bits per heavy atom. The van der Waals surface area contributed by atoms with Crippen LogP contribution in [0.5, 0.6) is 0 Å². The molecule has 0 radical (unpaired) electrons. The summed E-state index contributed by atoms with van der Waals surface area (Å²) in [6.45, 7) is 4.62. The zero-order chi connectivity index (χ0) is 21.3. The van der Waals surface area contributed by atoms with Gasteiger partial charge in [0, 0.05) is 57.3 Å². The number of methoxy groups -OCH3 is 1. The minimum Gasteiger partial charge on any atom is -0.384 e. The number of amides is 2. The Labute approximate surface area is 175 Å². The number of rotatable bonds is 5. The van der Waals surface area contributed by atoms with Gasteiger partial charge in [-0.1, -0.05) is 6.92 Å². The van der Waals surface area contributed by atoms with Crippen molar-refractivity contribution in [1.82, 2.24) is 24.4 Å². The summed E-state index contributed by atoms with van der Waals surface area (Å²) in [5.74, 6) is 0.445. The molecule has 2 aliphatic heterocycles. The van der Waals surface area contributed by atoms with Crippen LogP contribution >= 0.6 is 0 Å². The lowest BCUT2D eigenvalue weighted by molar-refractivity contribution is -0.133. The maximum Gasteiger partial charge on any atom is 0.277 e. The summed E-state index contributed by atoms with van der Waals surface area (Å²) in [6, 6.07) is 1.96. The predicted octanol–water partition coefficient (Wildman–Crippen LogP) is 1.06. The van der Waals surface area contributed by atoms with E-state index in [1.165, 1.54) is 4.52 Å². The third-order valence-corrected chi connectivity index (χ3v) is 6.24. The van der Waals surface area contributed by atoms with Gasteiger partial charge in [0.2, 0.25) is 11.8 Å². The van der Waals surface area contributed by atoms with Crippen LogP contribution in [0.4, 0.5) is 0 Å². The van der Waals surface area contributed by atoms with Crippen LogP contribution in [0, 0.1) is 0 Å². The second-order valence-corrected chi connectivity index (χ2v) is 8.06. The van der Waals surface area contributed by atoms with E-state index < -0.39 is 0 Å². The molecule has 30 heavy (non-hydrogen) atoms. The molecule has 9 nitrogen and oxygen atoms in total. The van der Waals surface area contributed by atoms with E-state index >= 15 is 0 Å². The number of nitrogens with zero attached hydrogens (tertiary/aromatic N) is 4. The fourth-order valence-corrected chi connectivity index (χ4v) is 4.43. The van der Waals surface area contributed by atoms with E-state index in [0.717, 1.165) is 24.2 Å². The van der Waals surface area contributed by atoms with Crippen molar-refractivity contribution in [2.45, 2.75) is 51.5 Å². The Kier molecular flexibility index (Phi) is 5.90. The number of carbonyl (C=O) groups is 2. The molecule has 1 saturated heterocycles. The van der Waals surface area contributed by atoms with Crippen molar-refractivity contribution in [3.05, 3.63) is 33.4 Å². The summed E-state index contributed by atoms with van der Waals surface area (Å²) in [5, 5.41) is 3.23. The highest BCUT2D eigenvalue weighted by atomic mass is 16.5. The van der Waals surface area contributed by atoms with Gasteiger partial charge in [-0.3, -0.25) is 19.5 Å². The fourth-order valence-electron chi connectivity index (χ4n) is 4.43. The first-order chi connectivity index (χ1) is 14.5. The first-order valence-electron chi connectivity index (χ1n) is 10.7. The largest absolute Gasteiger partial charge is 0.384 e. The van der Waals surface area contributed by atoms with Crippen molar-refractivity contribution < 1.29 is 14.3 Å². The number of hydrogen-bond donors (Lipinski definition) is 1. The molecule has 2 aromatic heterocycles. The third-order valence-electron chi connectivity index (χ3n) is 6.24. The SMILES string of the molecule is CCC(=O)N1CCc2nc3cc(C4CCN(C(=O)CCOC)CC4)[nH]n3c(=O)c2C1. The van der Waals surface area contributed by atoms with Crippen molar-refractivity contribution in [2.75, 3.05) is 33.4 Å². The number of H-pyrrole nitrogens is 1. The van der Waals surface area contributed by atoms with Crippen molar-refractivity contribution in [1.29, 1.82) is 0 Å². The quantitative estimate of drug-likeness (QED) is 0.787. The summed E-state index contributed by atoms with van der Waals surface area (Å²) in [7, 11) is 1.60. The van der Waals surface area contributed by atoms with E-state index in [2.05, 4.69) is 5.10 Å². The molecule has 2 amide bonds. The number of nitrogens with one attached hydrogen (secondary N) is 1. The normalized spacial score (nSPS) is 17.4. The van der Waals surface area contributed by atoms with Crippen LogP contribution in [-0.4, -0.2) is 69.6 Å². The smallest absolute Gasteiger partial charge is 0.277 e. The fraction of sp³-hybridized carbons (Fsp3) is 0.619. The van der Waals surface area contributed by atoms with Gasteiger partial charge in [-0.15, -0.1) is 0 Å². The van der Waals surface area contributed by atoms with E-state index in [4.69, 9.17) is 9.72 Å². The molecule has 4 heterocycles. The summed E-state index contributed by atoms with van der Waals surface area (Å²) in [5.41, 5.74) is 2.88. The van der Waals surface area contributed by atoms with Gasteiger partial charge in [-0.2, -0.15) is 0 Å². The molecule has 9 heteroatoms. The van der Waals surface area contributed by atoms with Crippen LogP contribution in [0.1, 0.15) is 55.5 Å². The number of piperidine rings is 1. The first kappa shape index (κ1) is 20.6. The van der Waals surface area contributed by atoms with Gasteiger partial charge in [-0.25, -0.2) is 9.50 Å². The number of likely N-dealkylation sites (tertiary alicyclic amines) is 1. The molecule has 0 atom stereocenters. The first-order valence-corrected chi connectivity index (χ1v) is 10.7. The highest BCUT2D eigenvalue weighted by Gasteiger charge is 2.27. The standard InChI is InChI=1S/C21H29N5O4/c1-3-19(27)25-10-6-16-15(13-25)21(29)26-18(22-16)12-17(23-26)14-4-8-24(9-5-14)20(28)7-11-30-2/h12,14,23H,3-11,13H2,1-2H3. The van der Waals surface area contributed by atoms with E-state index in [9.17, 15) is 14.4 Å². The lowest BCUT2D eigenvalue weighted by Gasteiger charge is -2.31. The number of hydrogen-bond acceptors (Lipinski definition) is 5. The van der Waals surface area contributed by atoms with Crippen molar-refractivity contribution in [3.8, 4) is 0 Å². The number of fused-ring (bicyclic) bond motifs is 2. The van der Waals surface area contributed by atoms with Crippen LogP contribution in [0.3, 0.4) is 0 Å². The molecule has 0 spiro atoms. The van der Waals surface area contributed by atoms with Crippen LogP contribution in [-0.2, 0) is 27.3 Å². The molecule has 0 unspecified atom stereocenters. The molecule has 4 rings (SSSR count). The Morgan fingerprint density at radius 3 is 2.67 bits per heavy atom. The lowest BCUT2D eigenvalue weighted by atomic mass is 9.93. The van der Waals surface area contributed by atoms with E-state index in [1.807, 2.05) is 17.9 Å². The number of carbonyl (C=O) groups excluding carboxylic acids is 2. The second kappa shape index (κ2) is 8.59. The summed E-state index contributed by atoms with van der Waals surface area (Å²) >= 11 is 0. The number of aromatic amines is 1. The summed E-state index contributed by atoms with van der Waals surface area (Å²) < 4.78 is 6.50. The maximum absolute atomic E-state index is 13.1. The third kappa shape index (κ3) is 3.86.